The lowest BCUT2D eigenvalue weighted by molar-refractivity contribution is -0.136. The van der Waals surface area contributed by atoms with E-state index in [0.717, 1.165) is 31.6 Å². The quantitative estimate of drug-likeness (QED) is 0.797. The van der Waals surface area contributed by atoms with Crippen LogP contribution in [0.5, 0.6) is 0 Å². The van der Waals surface area contributed by atoms with Crippen LogP contribution in [0.3, 0.4) is 0 Å². The summed E-state index contributed by atoms with van der Waals surface area (Å²) in [7, 11) is 0. The van der Waals surface area contributed by atoms with E-state index in [-0.39, 0.29) is 23.3 Å². The van der Waals surface area contributed by atoms with Crippen LogP contribution in [-0.2, 0) is 16.1 Å². The minimum atomic E-state index is -0.0962. The monoisotopic (exact) mass is 400 g/mol. The third kappa shape index (κ3) is 6.26. The number of rotatable bonds is 6. The second kappa shape index (κ2) is 9.70. The van der Waals surface area contributed by atoms with Crippen LogP contribution in [0.4, 0.5) is 0 Å². The maximum atomic E-state index is 13.1. The van der Waals surface area contributed by atoms with Gasteiger partial charge in [0.15, 0.2) is 0 Å². The maximum Gasteiger partial charge on any atom is 0.237 e. The number of nitrogens with one attached hydrogen (secondary N) is 1. The molecule has 0 bridgehead atoms. The van der Waals surface area contributed by atoms with Crippen LogP contribution in [-0.4, -0.2) is 58.8 Å². The van der Waals surface area contributed by atoms with Crippen molar-refractivity contribution in [3.05, 3.63) is 30.1 Å². The van der Waals surface area contributed by atoms with Gasteiger partial charge >= 0.3 is 0 Å². The van der Waals surface area contributed by atoms with Crippen LogP contribution in [0.25, 0.3) is 0 Å². The van der Waals surface area contributed by atoms with E-state index in [9.17, 15) is 9.59 Å². The first-order valence-corrected chi connectivity index (χ1v) is 11.0. The summed E-state index contributed by atoms with van der Waals surface area (Å²) in [6.07, 6.45) is 6.97. The van der Waals surface area contributed by atoms with Gasteiger partial charge in [-0.1, -0.05) is 39.7 Å². The summed E-state index contributed by atoms with van der Waals surface area (Å²) in [5.41, 5.74) is 0.884. The Labute approximate surface area is 175 Å². The van der Waals surface area contributed by atoms with Crippen LogP contribution >= 0.6 is 0 Å². The van der Waals surface area contributed by atoms with Crippen molar-refractivity contribution in [2.75, 3.05) is 26.2 Å². The Hall–Kier alpha value is -1.95. The largest absolute Gasteiger partial charge is 0.349 e. The Morgan fingerprint density at radius 1 is 1.14 bits per heavy atom. The Kier molecular flexibility index (Phi) is 7.28. The topological polar surface area (TPSA) is 65.5 Å². The molecule has 0 spiro atoms. The molecule has 2 heterocycles. The smallest absolute Gasteiger partial charge is 0.237 e. The fourth-order valence-electron chi connectivity index (χ4n) is 4.55. The first-order valence-electron chi connectivity index (χ1n) is 11.0. The van der Waals surface area contributed by atoms with Crippen LogP contribution in [0, 0.1) is 11.3 Å². The summed E-state index contributed by atoms with van der Waals surface area (Å²) in [4.78, 5) is 34.3. The molecule has 2 aliphatic rings. The van der Waals surface area contributed by atoms with E-state index < -0.39 is 0 Å². The van der Waals surface area contributed by atoms with Gasteiger partial charge in [0.2, 0.25) is 11.8 Å². The van der Waals surface area contributed by atoms with Gasteiger partial charge in [-0.25, -0.2) is 0 Å². The van der Waals surface area contributed by atoms with Gasteiger partial charge in [-0.05, 0) is 36.3 Å². The molecule has 6 nitrogen and oxygen atoms in total. The number of carbonyl (C=O) groups excluding carboxylic acids is 2. The molecule has 6 heteroatoms. The van der Waals surface area contributed by atoms with Crippen LogP contribution < -0.4 is 5.32 Å². The lowest BCUT2D eigenvalue weighted by Gasteiger charge is -2.41. The molecule has 160 valence electrons. The SMILES string of the molecule is CC(C)(C)CC(=O)N1CCN([C@@H](C(=O)NCc2ccccn2)C2CCCC2)CC1. The molecule has 1 atom stereocenters. The van der Waals surface area contributed by atoms with E-state index in [0.29, 0.717) is 32.0 Å². The summed E-state index contributed by atoms with van der Waals surface area (Å²) in [5, 5.41) is 3.11. The van der Waals surface area contributed by atoms with Crippen molar-refractivity contribution in [3.63, 3.8) is 0 Å². The average Bonchev–Trinajstić information content (AvgIpc) is 3.21. The highest BCUT2D eigenvalue weighted by molar-refractivity contribution is 5.82. The van der Waals surface area contributed by atoms with Crippen LogP contribution in [0.15, 0.2) is 24.4 Å². The predicted molar refractivity (Wildman–Crippen MR) is 114 cm³/mol. The Bertz CT molecular complexity index is 672. The summed E-state index contributed by atoms with van der Waals surface area (Å²) < 4.78 is 0. The van der Waals surface area contributed by atoms with E-state index in [1.807, 2.05) is 23.1 Å². The van der Waals surface area contributed by atoms with Crippen molar-refractivity contribution in [1.82, 2.24) is 20.1 Å². The van der Waals surface area contributed by atoms with Crippen molar-refractivity contribution in [1.29, 1.82) is 0 Å². The van der Waals surface area contributed by atoms with Gasteiger partial charge in [0, 0.05) is 38.8 Å². The molecule has 1 aliphatic heterocycles. The third-order valence-electron chi connectivity index (χ3n) is 6.03. The number of nitrogens with zero attached hydrogens (tertiary/aromatic N) is 3. The number of aromatic nitrogens is 1. The molecule has 0 aromatic carbocycles. The normalized spacial score (nSPS) is 19.9. The zero-order valence-electron chi connectivity index (χ0n) is 18.2. The number of amides is 2. The minimum absolute atomic E-state index is 0.00591. The molecular weight excluding hydrogens is 364 g/mol. The van der Waals surface area contributed by atoms with Gasteiger partial charge in [-0.3, -0.25) is 19.5 Å². The molecule has 2 fully saturated rings. The van der Waals surface area contributed by atoms with Gasteiger partial charge in [0.25, 0.3) is 0 Å². The van der Waals surface area contributed by atoms with Crippen molar-refractivity contribution in [2.45, 2.75) is 65.5 Å². The second-order valence-electron chi connectivity index (χ2n) is 9.68. The molecule has 1 aromatic rings. The standard InChI is InChI=1S/C23H36N4O2/c1-23(2,3)16-20(28)26-12-14-27(15-13-26)21(18-8-4-5-9-18)22(29)25-17-19-10-6-7-11-24-19/h6-7,10-11,18,21H,4-5,8-9,12-17H2,1-3H3,(H,25,29)/t21-/m1/s1. The molecule has 0 radical (unpaired) electrons. The highest BCUT2D eigenvalue weighted by Gasteiger charge is 2.37. The Balaban J connectivity index is 1.59. The third-order valence-corrected chi connectivity index (χ3v) is 6.03. The Morgan fingerprint density at radius 3 is 2.41 bits per heavy atom. The molecule has 29 heavy (non-hydrogen) atoms. The van der Waals surface area contributed by atoms with E-state index in [1.165, 1.54) is 12.8 Å². The van der Waals surface area contributed by atoms with Gasteiger partial charge in [-0.15, -0.1) is 0 Å². The zero-order valence-corrected chi connectivity index (χ0v) is 18.2. The highest BCUT2D eigenvalue weighted by atomic mass is 16.2. The molecule has 1 N–H and O–H groups in total. The molecule has 1 aliphatic carbocycles. The lowest BCUT2D eigenvalue weighted by Crippen LogP contribution is -2.58. The molecule has 1 saturated carbocycles. The lowest BCUT2D eigenvalue weighted by atomic mass is 9.91. The molecule has 0 unspecified atom stereocenters. The minimum Gasteiger partial charge on any atom is -0.349 e. The maximum absolute atomic E-state index is 13.1. The zero-order chi connectivity index (χ0) is 20.9. The fraction of sp³-hybridized carbons (Fsp3) is 0.696. The van der Waals surface area contributed by atoms with E-state index in [2.05, 4.69) is 36.0 Å². The fourth-order valence-corrected chi connectivity index (χ4v) is 4.55. The van der Waals surface area contributed by atoms with Crippen LogP contribution in [0.2, 0.25) is 0 Å². The summed E-state index contributed by atoms with van der Waals surface area (Å²) >= 11 is 0. The summed E-state index contributed by atoms with van der Waals surface area (Å²) in [6.45, 7) is 9.74. The summed E-state index contributed by atoms with van der Waals surface area (Å²) in [6, 6.07) is 5.66. The Morgan fingerprint density at radius 2 is 1.83 bits per heavy atom. The van der Waals surface area contributed by atoms with E-state index in [1.54, 1.807) is 6.20 Å². The first-order chi connectivity index (χ1) is 13.8. The molecule has 3 rings (SSSR count). The number of carbonyl (C=O) groups is 2. The molecule has 2 amide bonds. The molecule has 1 aromatic heterocycles. The van der Waals surface area contributed by atoms with E-state index in [4.69, 9.17) is 0 Å². The number of pyridine rings is 1. The summed E-state index contributed by atoms with van der Waals surface area (Å²) in [5.74, 6) is 0.752. The number of hydrogen-bond acceptors (Lipinski definition) is 4. The molecular formula is C23H36N4O2. The van der Waals surface area contributed by atoms with Crippen molar-refractivity contribution in [2.24, 2.45) is 11.3 Å². The van der Waals surface area contributed by atoms with Crippen molar-refractivity contribution >= 4 is 11.8 Å². The number of hydrogen-bond donors (Lipinski definition) is 1. The van der Waals surface area contributed by atoms with Gasteiger partial charge in [-0.2, -0.15) is 0 Å². The second-order valence-corrected chi connectivity index (χ2v) is 9.68. The molecule has 1 saturated heterocycles. The van der Waals surface area contributed by atoms with Gasteiger partial charge in [0.05, 0.1) is 18.3 Å². The van der Waals surface area contributed by atoms with Gasteiger partial charge < -0.3 is 10.2 Å². The van der Waals surface area contributed by atoms with Crippen molar-refractivity contribution < 1.29 is 9.59 Å². The van der Waals surface area contributed by atoms with Gasteiger partial charge in [0.1, 0.15) is 0 Å². The average molecular weight is 401 g/mol. The first kappa shape index (κ1) is 21.8. The van der Waals surface area contributed by atoms with Crippen molar-refractivity contribution in [3.8, 4) is 0 Å². The predicted octanol–water partition coefficient (Wildman–Crippen LogP) is 2.84. The van der Waals surface area contributed by atoms with E-state index >= 15 is 0 Å². The highest BCUT2D eigenvalue weighted by Crippen LogP contribution is 2.31. The number of piperazine rings is 1. The van der Waals surface area contributed by atoms with Crippen LogP contribution in [0.1, 0.15) is 58.6 Å².